The summed E-state index contributed by atoms with van der Waals surface area (Å²) in [6.07, 6.45) is 5.04. The number of rotatable bonds is 7. The third-order valence-corrected chi connectivity index (χ3v) is 5.41. The number of thioether (sulfide) groups is 1. The molecule has 7 heteroatoms. The molecule has 3 rings (SSSR count). The second-order valence-corrected chi connectivity index (χ2v) is 7.48. The molecule has 1 saturated heterocycles. The Balaban J connectivity index is 1.57. The van der Waals surface area contributed by atoms with Crippen LogP contribution < -0.4 is 5.32 Å². The first-order valence-corrected chi connectivity index (χ1v) is 10.2. The Morgan fingerprint density at radius 1 is 1.19 bits per heavy atom. The molecule has 0 bridgehead atoms. The number of carbonyl (C=O) groups is 1. The van der Waals surface area contributed by atoms with Gasteiger partial charge >= 0.3 is 0 Å². The summed E-state index contributed by atoms with van der Waals surface area (Å²) in [7, 11) is 0. The molecule has 1 aromatic carbocycles. The van der Waals surface area contributed by atoms with Crippen LogP contribution in [0.1, 0.15) is 43.2 Å². The first kappa shape index (κ1) is 18.9. The zero-order chi connectivity index (χ0) is 18.2. The molecule has 0 saturated carbocycles. The maximum atomic E-state index is 12.3. The second-order valence-electron chi connectivity index (χ2n) is 6.56. The lowest BCUT2D eigenvalue weighted by Crippen LogP contribution is -2.39. The topological polar surface area (TPSA) is 71.3 Å². The van der Waals surface area contributed by atoms with Gasteiger partial charge in [0.05, 0.1) is 11.8 Å². The van der Waals surface area contributed by atoms with Crippen LogP contribution in [-0.4, -0.2) is 46.4 Å². The van der Waals surface area contributed by atoms with Gasteiger partial charge in [-0.15, -0.1) is 10.2 Å². The summed E-state index contributed by atoms with van der Waals surface area (Å²) >= 11 is 1.27. The normalized spacial score (nSPS) is 16.8. The summed E-state index contributed by atoms with van der Waals surface area (Å²) in [4.78, 5) is 14.8. The monoisotopic (exact) mass is 374 g/mol. The van der Waals surface area contributed by atoms with Gasteiger partial charge in [0.25, 0.3) is 5.22 Å². The first-order valence-electron chi connectivity index (χ1n) is 9.21. The standard InChI is InChI=1S/C19H26N4O2S/c1-15-21-22-19(25-15)26-14-18(24)20-13-17(16-9-5-4-6-10-16)23-11-7-2-3-8-12-23/h4-6,9-10,17H,2-3,7-8,11-14H2,1H3,(H,20,24)/t17-/m0/s1. The lowest BCUT2D eigenvalue weighted by Gasteiger charge is -2.31. The van der Waals surface area contributed by atoms with Crippen molar-refractivity contribution in [2.75, 3.05) is 25.4 Å². The molecule has 2 heterocycles. The minimum absolute atomic E-state index is 0.0124. The summed E-state index contributed by atoms with van der Waals surface area (Å²) in [5, 5.41) is 11.2. The summed E-state index contributed by atoms with van der Waals surface area (Å²) in [6.45, 7) is 4.53. The minimum Gasteiger partial charge on any atom is -0.416 e. The van der Waals surface area contributed by atoms with Crippen molar-refractivity contribution in [1.29, 1.82) is 0 Å². The number of aromatic nitrogens is 2. The summed E-state index contributed by atoms with van der Waals surface area (Å²) in [5.74, 6) is 0.781. The molecule has 140 valence electrons. The third-order valence-electron chi connectivity index (χ3n) is 4.59. The van der Waals surface area contributed by atoms with E-state index in [1.807, 2.05) is 6.07 Å². The Hall–Kier alpha value is -1.86. The lowest BCUT2D eigenvalue weighted by molar-refractivity contribution is -0.118. The molecule has 1 amide bonds. The van der Waals surface area contributed by atoms with Crippen LogP contribution in [0.4, 0.5) is 0 Å². The van der Waals surface area contributed by atoms with E-state index < -0.39 is 0 Å². The summed E-state index contributed by atoms with van der Waals surface area (Å²) < 4.78 is 5.29. The molecule has 0 radical (unpaired) electrons. The lowest BCUT2D eigenvalue weighted by atomic mass is 10.0. The van der Waals surface area contributed by atoms with Gasteiger partial charge in [0, 0.05) is 13.5 Å². The van der Waals surface area contributed by atoms with Crippen LogP contribution in [0.5, 0.6) is 0 Å². The van der Waals surface area contributed by atoms with Crippen molar-refractivity contribution in [3.63, 3.8) is 0 Å². The van der Waals surface area contributed by atoms with Crippen molar-refractivity contribution >= 4 is 17.7 Å². The van der Waals surface area contributed by atoms with Gasteiger partial charge in [-0.1, -0.05) is 54.9 Å². The van der Waals surface area contributed by atoms with E-state index in [2.05, 4.69) is 44.7 Å². The molecule has 0 unspecified atom stereocenters. The molecule has 1 fully saturated rings. The van der Waals surface area contributed by atoms with Gasteiger partial charge in [0.15, 0.2) is 0 Å². The molecule has 1 atom stereocenters. The number of carbonyl (C=O) groups excluding carboxylic acids is 1. The fourth-order valence-electron chi connectivity index (χ4n) is 3.27. The predicted molar refractivity (Wildman–Crippen MR) is 102 cm³/mol. The van der Waals surface area contributed by atoms with Crippen molar-refractivity contribution in [2.45, 2.75) is 43.9 Å². The maximum Gasteiger partial charge on any atom is 0.277 e. The number of hydrogen-bond donors (Lipinski definition) is 1. The van der Waals surface area contributed by atoms with Crippen LogP contribution in [0.25, 0.3) is 0 Å². The van der Waals surface area contributed by atoms with E-state index in [0.29, 0.717) is 17.7 Å². The number of nitrogens with one attached hydrogen (secondary N) is 1. The van der Waals surface area contributed by atoms with E-state index in [9.17, 15) is 4.79 Å². The van der Waals surface area contributed by atoms with Gasteiger partial charge in [-0.2, -0.15) is 0 Å². The smallest absolute Gasteiger partial charge is 0.277 e. The van der Waals surface area contributed by atoms with Crippen LogP contribution in [0.2, 0.25) is 0 Å². The van der Waals surface area contributed by atoms with Gasteiger partial charge in [-0.05, 0) is 31.5 Å². The fourth-order valence-corrected chi connectivity index (χ4v) is 3.90. The molecule has 0 aliphatic carbocycles. The van der Waals surface area contributed by atoms with Gasteiger partial charge in [0.2, 0.25) is 11.8 Å². The molecule has 1 N–H and O–H groups in total. The molecule has 6 nitrogen and oxygen atoms in total. The molecular formula is C19H26N4O2S. The van der Waals surface area contributed by atoms with Crippen LogP contribution in [0, 0.1) is 6.92 Å². The van der Waals surface area contributed by atoms with Gasteiger partial charge in [-0.3, -0.25) is 9.69 Å². The van der Waals surface area contributed by atoms with Crippen molar-refractivity contribution < 1.29 is 9.21 Å². The molecular weight excluding hydrogens is 348 g/mol. The van der Waals surface area contributed by atoms with Gasteiger partial charge < -0.3 is 9.73 Å². The molecule has 1 aliphatic heterocycles. The van der Waals surface area contributed by atoms with E-state index in [1.165, 1.54) is 43.0 Å². The number of aryl methyl sites for hydroxylation is 1. The van der Waals surface area contributed by atoms with Gasteiger partial charge in [-0.25, -0.2) is 0 Å². The van der Waals surface area contributed by atoms with Crippen molar-refractivity contribution in [2.24, 2.45) is 0 Å². The second kappa shape index (κ2) is 9.73. The molecule has 26 heavy (non-hydrogen) atoms. The van der Waals surface area contributed by atoms with E-state index in [-0.39, 0.29) is 17.7 Å². The number of hydrogen-bond acceptors (Lipinski definition) is 6. The summed E-state index contributed by atoms with van der Waals surface area (Å²) in [5.41, 5.74) is 1.26. The number of benzene rings is 1. The van der Waals surface area contributed by atoms with E-state index >= 15 is 0 Å². The largest absolute Gasteiger partial charge is 0.416 e. The van der Waals surface area contributed by atoms with Crippen LogP contribution in [0.15, 0.2) is 40.0 Å². The highest BCUT2D eigenvalue weighted by Crippen LogP contribution is 2.24. The number of amides is 1. The average Bonchev–Trinajstić information content (AvgIpc) is 2.90. The van der Waals surface area contributed by atoms with Crippen molar-refractivity contribution in [3.05, 3.63) is 41.8 Å². The third kappa shape index (κ3) is 5.57. The average molecular weight is 375 g/mol. The van der Waals surface area contributed by atoms with Crippen molar-refractivity contribution in [1.82, 2.24) is 20.4 Å². The van der Waals surface area contributed by atoms with E-state index in [4.69, 9.17) is 4.42 Å². The molecule has 2 aromatic rings. The minimum atomic E-state index is -0.0124. The molecule has 0 spiro atoms. The van der Waals surface area contributed by atoms with E-state index in [0.717, 1.165) is 13.1 Å². The fraction of sp³-hybridized carbons (Fsp3) is 0.526. The Bertz CT molecular complexity index is 684. The summed E-state index contributed by atoms with van der Waals surface area (Å²) in [6, 6.07) is 10.7. The first-order chi connectivity index (χ1) is 12.7. The predicted octanol–water partition coefficient (Wildman–Crippen LogP) is 3.20. The number of nitrogens with zero attached hydrogens (tertiary/aromatic N) is 3. The SMILES string of the molecule is Cc1nnc(SCC(=O)NC[C@@H](c2ccccc2)N2CCCCCC2)o1. The maximum absolute atomic E-state index is 12.3. The van der Waals surface area contributed by atoms with Crippen molar-refractivity contribution in [3.8, 4) is 0 Å². The quantitative estimate of drug-likeness (QED) is 0.751. The Morgan fingerprint density at radius 2 is 1.92 bits per heavy atom. The highest BCUT2D eigenvalue weighted by atomic mass is 32.2. The zero-order valence-electron chi connectivity index (χ0n) is 15.2. The highest BCUT2D eigenvalue weighted by molar-refractivity contribution is 7.99. The van der Waals surface area contributed by atoms with Crippen LogP contribution in [-0.2, 0) is 4.79 Å². The Kier molecular flexibility index (Phi) is 7.08. The van der Waals surface area contributed by atoms with Crippen LogP contribution in [0.3, 0.4) is 0 Å². The Morgan fingerprint density at radius 3 is 2.58 bits per heavy atom. The highest BCUT2D eigenvalue weighted by Gasteiger charge is 2.22. The van der Waals surface area contributed by atoms with Gasteiger partial charge in [0.1, 0.15) is 0 Å². The van der Waals surface area contributed by atoms with E-state index in [1.54, 1.807) is 6.92 Å². The number of likely N-dealkylation sites (tertiary alicyclic amines) is 1. The molecule has 1 aromatic heterocycles. The Labute approximate surface area is 158 Å². The molecule has 1 aliphatic rings. The van der Waals surface area contributed by atoms with Crippen LogP contribution >= 0.6 is 11.8 Å². The zero-order valence-corrected chi connectivity index (χ0v) is 16.0.